The summed E-state index contributed by atoms with van der Waals surface area (Å²) in [6.45, 7) is 6.04. The van der Waals surface area contributed by atoms with Crippen molar-refractivity contribution in [1.82, 2.24) is 10.6 Å². The molecule has 2 amide bonds. The Morgan fingerprint density at radius 1 is 1.22 bits per heavy atom. The van der Waals surface area contributed by atoms with E-state index in [0.717, 1.165) is 0 Å². The van der Waals surface area contributed by atoms with Gasteiger partial charge in [-0.05, 0) is 39.0 Å². The molecular formula is C17H22N2O4. The monoisotopic (exact) mass is 318 g/mol. The van der Waals surface area contributed by atoms with Gasteiger partial charge in [-0.15, -0.1) is 6.42 Å². The second-order valence-corrected chi connectivity index (χ2v) is 5.71. The van der Waals surface area contributed by atoms with Gasteiger partial charge in [0, 0.05) is 18.7 Å². The molecule has 0 radical (unpaired) electrons. The second-order valence-electron chi connectivity index (χ2n) is 5.71. The van der Waals surface area contributed by atoms with E-state index in [2.05, 4.69) is 16.6 Å². The lowest BCUT2D eigenvalue weighted by atomic mass is 10.2. The molecule has 2 N–H and O–H groups in total. The molecule has 0 aliphatic rings. The summed E-state index contributed by atoms with van der Waals surface area (Å²) >= 11 is 0. The van der Waals surface area contributed by atoms with E-state index in [0.29, 0.717) is 11.3 Å². The number of amides is 2. The Morgan fingerprint density at radius 3 is 2.57 bits per heavy atom. The number of rotatable bonds is 6. The number of ether oxygens (including phenoxy) is 2. The van der Waals surface area contributed by atoms with Crippen molar-refractivity contribution in [3.63, 3.8) is 0 Å². The third-order valence-electron chi connectivity index (χ3n) is 2.50. The highest BCUT2D eigenvalue weighted by atomic mass is 16.6. The van der Waals surface area contributed by atoms with Crippen molar-refractivity contribution < 1.29 is 19.1 Å². The number of alkyl carbamates (subject to hydrolysis) is 1. The highest BCUT2D eigenvalue weighted by Gasteiger charge is 2.15. The van der Waals surface area contributed by atoms with Crippen LogP contribution in [-0.4, -0.2) is 37.3 Å². The maximum Gasteiger partial charge on any atom is 0.407 e. The van der Waals surface area contributed by atoms with E-state index >= 15 is 0 Å². The molecule has 0 unspecified atom stereocenters. The van der Waals surface area contributed by atoms with Crippen molar-refractivity contribution in [1.29, 1.82) is 0 Å². The maximum atomic E-state index is 12.0. The lowest BCUT2D eigenvalue weighted by Crippen LogP contribution is -2.37. The summed E-state index contributed by atoms with van der Waals surface area (Å²) in [6.07, 6.45) is 4.60. The fourth-order valence-corrected chi connectivity index (χ4v) is 1.61. The summed E-state index contributed by atoms with van der Waals surface area (Å²) in [4.78, 5) is 23.4. The molecule has 6 heteroatoms. The van der Waals surface area contributed by atoms with Gasteiger partial charge in [0.1, 0.15) is 18.0 Å². The summed E-state index contributed by atoms with van der Waals surface area (Å²) in [5.41, 5.74) is -0.0941. The molecule has 23 heavy (non-hydrogen) atoms. The molecule has 0 fully saturated rings. The zero-order chi connectivity index (χ0) is 17.3. The predicted octanol–water partition coefficient (Wildman–Crippen LogP) is 1.95. The summed E-state index contributed by atoms with van der Waals surface area (Å²) in [6, 6.07) is 6.70. The zero-order valence-corrected chi connectivity index (χ0v) is 13.6. The van der Waals surface area contributed by atoms with E-state index in [-0.39, 0.29) is 25.6 Å². The second kappa shape index (κ2) is 8.69. The smallest absolute Gasteiger partial charge is 0.407 e. The van der Waals surface area contributed by atoms with Gasteiger partial charge in [0.25, 0.3) is 5.91 Å². The Balaban J connectivity index is 2.37. The van der Waals surface area contributed by atoms with Crippen molar-refractivity contribution in [2.75, 3.05) is 19.7 Å². The Kier molecular flexibility index (Phi) is 6.94. The minimum absolute atomic E-state index is 0.144. The van der Waals surface area contributed by atoms with E-state index in [1.807, 2.05) is 0 Å². The molecule has 1 rings (SSSR count). The van der Waals surface area contributed by atoms with E-state index in [1.54, 1.807) is 45.0 Å². The minimum atomic E-state index is -0.549. The number of terminal acetylenes is 1. The Morgan fingerprint density at radius 2 is 1.91 bits per heavy atom. The van der Waals surface area contributed by atoms with Crippen molar-refractivity contribution in [2.24, 2.45) is 0 Å². The SMILES string of the molecule is C#CCOc1cccc(C(=O)NCCNC(=O)OC(C)(C)C)c1. The number of hydrogen-bond acceptors (Lipinski definition) is 4. The van der Waals surface area contributed by atoms with Gasteiger partial charge in [0.15, 0.2) is 0 Å². The van der Waals surface area contributed by atoms with Crippen molar-refractivity contribution in [3.05, 3.63) is 29.8 Å². The first-order valence-electron chi connectivity index (χ1n) is 7.23. The van der Waals surface area contributed by atoms with Crippen LogP contribution in [0.25, 0.3) is 0 Å². The average molecular weight is 318 g/mol. The molecule has 0 atom stereocenters. The first-order valence-corrected chi connectivity index (χ1v) is 7.23. The minimum Gasteiger partial charge on any atom is -0.481 e. The van der Waals surface area contributed by atoms with Crippen LogP contribution in [0.15, 0.2) is 24.3 Å². The first-order chi connectivity index (χ1) is 10.8. The Hall–Kier alpha value is -2.68. The van der Waals surface area contributed by atoms with Gasteiger partial charge in [0.05, 0.1) is 0 Å². The number of benzene rings is 1. The van der Waals surface area contributed by atoms with Gasteiger partial charge in [-0.1, -0.05) is 12.0 Å². The Labute approximate surface area is 136 Å². The van der Waals surface area contributed by atoms with Crippen molar-refractivity contribution >= 4 is 12.0 Å². The van der Waals surface area contributed by atoms with Crippen LogP contribution >= 0.6 is 0 Å². The largest absolute Gasteiger partial charge is 0.481 e. The molecule has 0 heterocycles. The maximum absolute atomic E-state index is 12.0. The van der Waals surface area contributed by atoms with Crippen molar-refractivity contribution in [2.45, 2.75) is 26.4 Å². The quantitative estimate of drug-likeness (QED) is 0.621. The van der Waals surface area contributed by atoms with Crippen LogP contribution < -0.4 is 15.4 Å². The lowest BCUT2D eigenvalue weighted by Gasteiger charge is -2.19. The normalized spacial score (nSPS) is 10.3. The first kappa shape index (κ1) is 18.4. The van der Waals surface area contributed by atoms with Gasteiger partial charge < -0.3 is 20.1 Å². The molecule has 0 aliphatic carbocycles. The van der Waals surface area contributed by atoms with Crippen molar-refractivity contribution in [3.8, 4) is 18.1 Å². The lowest BCUT2D eigenvalue weighted by molar-refractivity contribution is 0.0526. The van der Waals surface area contributed by atoms with Gasteiger partial charge in [-0.2, -0.15) is 0 Å². The zero-order valence-electron chi connectivity index (χ0n) is 13.6. The fourth-order valence-electron chi connectivity index (χ4n) is 1.61. The molecule has 0 aliphatic heterocycles. The molecular weight excluding hydrogens is 296 g/mol. The highest BCUT2D eigenvalue weighted by molar-refractivity contribution is 5.94. The van der Waals surface area contributed by atoms with E-state index < -0.39 is 11.7 Å². The molecule has 0 saturated heterocycles. The standard InChI is InChI=1S/C17H22N2O4/c1-5-11-22-14-8-6-7-13(12-14)15(20)18-9-10-19-16(21)23-17(2,3)4/h1,6-8,12H,9-11H2,2-4H3,(H,18,20)(H,19,21). The number of hydrogen-bond donors (Lipinski definition) is 2. The summed E-state index contributed by atoms with van der Waals surface area (Å²) in [7, 11) is 0. The molecule has 6 nitrogen and oxygen atoms in total. The Bertz CT molecular complexity index is 585. The van der Waals surface area contributed by atoms with Crippen LogP contribution in [0.3, 0.4) is 0 Å². The van der Waals surface area contributed by atoms with Gasteiger partial charge >= 0.3 is 6.09 Å². The summed E-state index contributed by atoms with van der Waals surface area (Å²) < 4.78 is 10.3. The number of carbonyl (C=O) groups is 2. The molecule has 1 aromatic carbocycles. The van der Waals surface area contributed by atoms with E-state index in [4.69, 9.17) is 15.9 Å². The molecule has 0 spiro atoms. The topological polar surface area (TPSA) is 76.7 Å². The van der Waals surface area contributed by atoms with Crippen LogP contribution in [0.4, 0.5) is 4.79 Å². The van der Waals surface area contributed by atoms with Gasteiger partial charge in [-0.3, -0.25) is 4.79 Å². The third kappa shape index (κ3) is 7.77. The van der Waals surface area contributed by atoms with E-state index in [1.165, 1.54) is 0 Å². The fraction of sp³-hybridized carbons (Fsp3) is 0.412. The van der Waals surface area contributed by atoms with Gasteiger partial charge in [-0.25, -0.2) is 4.79 Å². The molecule has 0 bridgehead atoms. The average Bonchev–Trinajstić information content (AvgIpc) is 2.48. The molecule has 1 aromatic rings. The van der Waals surface area contributed by atoms with E-state index in [9.17, 15) is 9.59 Å². The van der Waals surface area contributed by atoms with Crippen LogP contribution in [-0.2, 0) is 4.74 Å². The highest BCUT2D eigenvalue weighted by Crippen LogP contribution is 2.13. The summed E-state index contributed by atoms with van der Waals surface area (Å²) in [5.74, 6) is 2.63. The summed E-state index contributed by atoms with van der Waals surface area (Å²) in [5, 5.41) is 5.26. The van der Waals surface area contributed by atoms with Crippen LogP contribution in [0.5, 0.6) is 5.75 Å². The molecule has 124 valence electrons. The number of nitrogens with one attached hydrogen (secondary N) is 2. The number of carbonyl (C=O) groups excluding carboxylic acids is 2. The van der Waals surface area contributed by atoms with Gasteiger partial charge in [0.2, 0.25) is 0 Å². The van der Waals surface area contributed by atoms with Crippen LogP contribution in [0.2, 0.25) is 0 Å². The molecule has 0 saturated carbocycles. The molecule has 0 aromatic heterocycles. The predicted molar refractivity (Wildman–Crippen MR) is 87.3 cm³/mol. The third-order valence-corrected chi connectivity index (χ3v) is 2.50. The van der Waals surface area contributed by atoms with Crippen LogP contribution in [0, 0.1) is 12.3 Å². The van der Waals surface area contributed by atoms with Crippen LogP contribution in [0.1, 0.15) is 31.1 Å².